The van der Waals surface area contributed by atoms with Crippen molar-refractivity contribution in [1.29, 1.82) is 0 Å². The lowest BCUT2D eigenvalue weighted by molar-refractivity contribution is -0.0520. The quantitative estimate of drug-likeness (QED) is 0.455. The van der Waals surface area contributed by atoms with Crippen molar-refractivity contribution in [3.63, 3.8) is 0 Å². The van der Waals surface area contributed by atoms with Crippen molar-refractivity contribution >= 4 is 5.96 Å². The molecule has 0 aromatic heterocycles. The summed E-state index contributed by atoms with van der Waals surface area (Å²) in [5, 5.41) is 6.56. The normalized spacial score (nSPS) is 16.1. The molecule has 0 saturated carbocycles. The summed E-state index contributed by atoms with van der Waals surface area (Å²) < 4.78 is 35.9. The maximum atomic E-state index is 12.9. The van der Waals surface area contributed by atoms with E-state index in [1.165, 1.54) is 12.8 Å². The van der Waals surface area contributed by atoms with E-state index in [1.54, 1.807) is 25.1 Å². The number of hydrogen-bond donors (Lipinski definition) is 2. The Balaban J connectivity index is 1.98. The summed E-state index contributed by atoms with van der Waals surface area (Å²) in [5.41, 5.74) is 0.559. The van der Waals surface area contributed by atoms with E-state index in [1.807, 2.05) is 6.92 Å². The minimum absolute atomic E-state index is 0.0512. The summed E-state index contributed by atoms with van der Waals surface area (Å²) >= 11 is 0. The lowest BCUT2D eigenvalue weighted by atomic mass is 9.94. The van der Waals surface area contributed by atoms with Gasteiger partial charge in [0.15, 0.2) is 17.5 Å². The minimum atomic E-state index is -2.92. The van der Waals surface area contributed by atoms with Crippen LogP contribution in [0.3, 0.4) is 0 Å². The summed E-state index contributed by atoms with van der Waals surface area (Å²) in [6.45, 7) is 5.33. The third-order valence-corrected chi connectivity index (χ3v) is 5.00. The molecule has 0 atom stereocenters. The van der Waals surface area contributed by atoms with Gasteiger partial charge in [0.25, 0.3) is 0 Å². The number of benzene rings is 1. The van der Waals surface area contributed by atoms with Gasteiger partial charge in [-0.1, -0.05) is 12.1 Å². The highest BCUT2D eigenvalue weighted by Gasteiger charge is 2.17. The lowest BCUT2D eigenvalue weighted by Gasteiger charge is -2.29. The number of nitrogens with zero attached hydrogens (tertiary/aromatic N) is 2. The average Bonchev–Trinajstić information content (AvgIpc) is 2.69. The third kappa shape index (κ3) is 8.04. The number of nitrogens with one attached hydrogen (secondary N) is 2. The molecule has 6 nitrogen and oxygen atoms in total. The second kappa shape index (κ2) is 12.5. The maximum absolute atomic E-state index is 12.9. The highest BCUT2D eigenvalue weighted by atomic mass is 19.3. The molecule has 1 fully saturated rings. The smallest absolute Gasteiger partial charge is 0.387 e. The molecule has 0 spiro atoms. The molecule has 0 bridgehead atoms. The fourth-order valence-corrected chi connectivity index (χ4v) is 3.43. The molecule has 0 radical (unpaired) electrons. The number of ether oxygens (including phenoxy) is 2. The van der Waals surface area contributed by atoms with Crippen LogP contribution in [0.5, 0.6) is 11.5 Å². The van der Waals surface area contributed by atoms with Crippen LogP contribution < -0.4 is 20.1 Å². The second-order valence-electron chi connectivity index (χ2n) is 7.21. The van der Waals surface area contributed by atoms with Crippen LogP contribution in [0.2, 0.25) is 0 Å². The summed E-state index contributed by atoms with van der Waals surface area (Å²) in [6.07, 6.45) is 3.55. The Morgan fingerprint density at radius 3 is 2.66 bits per heavy atom. The van der Waals surface area contributed by atoms with Crippen LogP contribution in [0.1, 0.15) is 38.7 Å². The van der Waals surface area contributed by atoms with E-state index in [0.29, 0.717) is 23.9 Å². The third-order valence-electron chi connectivity index (χ3n) is 5.00. The Morgan fingerprint density at radius 1 is 1.24 bits per heavy atom. The standard InChI is InChI=1S/C21H34F2N4O2/c1-4-24-21(25-12-9-16-10-13-27(3)14-11-16)26-15-17-7-6-8-18(28-5-2)19(17)29-20(22)23/h6-8,16,20H,4-5,9-15H2,1-3H3,(H2,24,25,26). The Kier molecular flexibility index (Phi) is 9.97. The highest BCUT2D eigenvalue weighted by molar-refractivity contribution is 5.79. The van der Waals surface area contributed by atoms with Gasteiger partial charge in [0.2, 0.25) is 0 Å². The van der Waals surface area contributed by atoms with Crippen molar-refractivity contribution in [2.75, 3.05) is 39.8 Å². The molecule has 2 N–H and O–H groups in total. The summed E-state index contributed by atoms with van der Waals surface area (Å²) in [4.78, 5) is 6.92. The van der Waals surface area contributed by atoms with Gasteiger partial charge in [-0.25, -0.2) is 4.99 Å². The Bertz CT molecular complexity index is 635. The Labute approximate surface area is 172 Å². The molecule has 1 heterocycles. The first-order valence-corrected chi connectivity index (χ1v) is 10.4. The highest BCUT2D eigenvalue weighted by Crippen LogP contribution is 2.33. The average molecular weight is 413 g/mol. The van der Waals surface area contributed by atoms with Gasteiger partial charge >= 0.3 is 6.61 Å². The van der Waals surface area contributed by atoms with Crippen molar-refractivity contribution in [2.24, 2.45) is 10.9 Å². The van der Waals surface area contributed by atoms with E-state index in [4.69, 9.17) is 9.47 Å². The van der Waals surface area contributed by atoms with E-state index >= 15 is 0 Å². The van der Waals surface area contributed by atoms with Gasteiger partial charge in [0.1, 0.15) is 0 Å². The number of para-hydroxylation sites is 1. The number of hydrogen-bond acceptors (Lipinski definition) is 4. The number of alkyl halides is 2. The second-order valence-corrected chi connectivity index (χ2v) is 7.21. The largest absolute Gasteiger partial charge is 0.490 e. The molecule has 2 rings (SSSR count). The number of guanidine groups is 1. The summed E-state index contributed by atoms with van der Waals surface area (Å²) in [6, 6.07) is 5.11. The molecule has 1 saturated heterocycles. The Hall–Kier alpha value is -2.09. The van der Waals surface area contributed by atoms with Crippen LogP contribution >= 0.6 is 0 Å². The number of halogens is 2. The molecule has 0 aliphatic carbocycles. The fourth-order valence-electron chi connectivity index (χ4n) is 3.43. The summed E-state index contributed by atoms with van der Waals surface area (Å²) in [5.74, 6) is 1.76. The van der Waals surface area contributed by atoms with Gasteiger partial charge in [-0.05, 0) is 65.2 Å². The Morgan fingerprint density at radius 2 is 2.00 bits per heavy atom. The van der Waals surface area contributed by atoms with Gasteiger partial charge in [0, 0.05) is 18.7 Å². The van der Waals surface area contributed by atoms with Crippen LogP contribution in [0, 0.1) is 5.92 Å². The van der Waals surface area contributed by atoms with Crippen molar-refractivity contribution in [3.8, 4) is 11.5 Å². The molecular formula is C21H34F2N4O2. The zero-order chi connectivity index (χ0) is 21.1. The van der Waals surface area contributed by atoms with Gasteiger partial charge in [-0.3, -0.25) is 0 Å². The van der Waals surface area contributed by atoms with Crippen LogP contribution in [0.4, 0.5) is 8.78 Å². The molecule has 0 unspecified atom stereocenters. The zero-order valence-corrected chi connectivity index (χ0v) is 17.7. The molecular weight excluding hydrogens is 378 g/mol. The predicted molar refractivity (Wildman–Crippen MR) is 112 cm³/mol. The van der Waals surface area contributed by atoms with Crippen LogP contribution in [-0.2, 0) is 6.54 Å². The molecule has 1 aromatic rings. The van der Waals surface area contributed by atoms with E-state index in [2.05, 4.69) is 27.6 Å². The predicted octanol–water partition coefficient (Wildman–Crippen LogP) is 3.47. The molecule has 1 aliphatic heterocycles. The van der Waals surface area contributed by atoms with E-state index in [-0.39, 0.29) is 12.3 Å². The monoisotopic (exact) mass is 412 g/mol. The van der Waals surface area contributed by atoms with Gasteiger partial charge in [0.05, 0.1) is 13.2 Å². The van der Waals surface area contributed by atoms with Gasteiger partial charge in [-0.2, -0.15) is 8.78 Å². The van der Waals surface area contributed by atoms with Crippen LogP contribution in [-0.4, -0.2) is 57.3 Å². The van der Waals surface area contributed by atoms with Gasteiger partial charge < -0.3 is 25.0 Å². The number of piperidine rings is 1. The van der Waals surface area contributed by atoms with Crippen LogP contribution in [0.15, 0.2) is 23.2 Å². The fraction of sp³-hybridized carbons (Fsp3) is 0.667. The zero-order valence-electron chi connectivity index (χ0n) is 17.7. The maximum Gasteiger partial charge on any atom is 0.387 e. The van der Waals surface area contributed by atoms with E-state index in [0.717, 1.165) is 38.5 Å². The number of rotatable bonds is 10. The molecule has 8 heteroatoms. The minimum Gasteiger partial charge on any atom is -0.490 e. The van der Waals surface area contributed by atoms with Crippen molar-refractivity contribution in [2.45, 2.75) is 46.3 Å². The van der Waals surface area contributed by atoms with E-state index < -0.39 is 6.61 Å². The first-order valence-electron chi connectivity index (χ1n) is 10.4. The first kappa shape index (κ1) is 23.2. The molecule has 0 amide bonds. The molecule has 164 valence electrons. The molecule has 29 heavy (non-hydrogen) atoms. The molecule has 1 aliphatic rings. The number of likely N-dealkylation sites (tertiary alicyclic amines) is 1. The topological polar surface area (TPSA) is 58.1 Å². The van der Waals surface area contributed by atoms with Crippen molar-refractivity contribution < 1.29 is 18.3 Å². The van der Waals surface area contributed by atoms with Crippen molar-refractivity contribution in [3.05, 3.63) is 23.8 Å². The first-order chi connectivity index (χ1) is 14.0. The SMILES string of the molecule is CCNC(=NCc1cccc(OCC)c1OC(F)F)NCCC1CCN(C)CC1. The van der Waals surface area contributed by atoms with Crippen molar-refractivity contribution in [1.82, 2.24) is 15.5 Å². The van der Waals surface area contributed by atoms with Crippen LogP contribution in [0.25, 0.3) is 0 Å². The molecule has 1 aromatic carbocycles. The van der Waals surface area contributed by atoms with E-state index in [9.17, 15) is 8.78 Å². The summed E-state index contributed by atoms with van der Waals surface area (Å²) in [7, 11) is 2.16. The number of aliphatic imine (C=N–C) groups is 1. The van der Waals surface area contributed by atoms with Gasteiger partial charge in [-0.15, -0.1) is 0 Å². The lowest BCUT2D eigenvalue weighted by Crippen LogP contribution is -2.39.